The summed E-state index contributed by atoms with van der Waals surface area (Å²) in [5, 5.41) is 2.82. The van der Waals surface area contributed by atoms with Gasteiger partial charge in [-0.3, -0.25) is 9.59 Å². The van der Waals surface area contributed by atoms with Crippen molar-refractivity contribution in [3.63, 3.8) is 0 Å². The summed E-state index contributed by atoms with van der Waals surface area (Å²) in [5.41, 5.74) is 11.4. The number of anilines is 3. The number of nitrogens with zero attached hydrogens (tertiary/aromatic N) is 4. The quantitative estimate of drug-likeness (QED) is 0.376. The molecule has 1 aliphatic rings. The number of primary amides is 2. The number of carbonyl (C=O) groups excluding carboxylic acids is 3. The highest BCUT2D eigenvalue weighted by molar-refractivity contribution is 5.92. The molecule has 1 unspecified atom stereocenters. The van der Waals surface area contributed by atoms with E-state index in [-0.39, 0.29) is 37.0 Å². The van der Waals surface area contributed by atoms with Crippen LogP contribution in [0.25, 0.3) is 11.4 Å². The number of rotatable bonds is 6. The molecule has 0 saturated carbocycles. The third kappa shape index (κ3) is 7.50. The highest BCUT2D eigenvalue weighted by Crippen LogP contribution is 2.37. The van der Waals surface area contributed by atoms with E-state index in [0.717, 1.165) is 12.1 Å². The molecule has 0 bridgehead atoms. The number of carbonyl (C=O) groups is 3. The van der Waals surface area contributed by atoms with Crippen molar-refractivity contribution in [1.29, 1.82) is 0 Å². The van der Waals surface area contributed by atoms with Crippen molar-refractivity contribution in [3.05, 3.63) is 65.4 Å². The molecular formula is C29H32F3N7O4. The SMILES string of the molecule is CC(Nc1cc(C(N)=O)nc(-c2ccc3c(c2)CN(C(=O)OC(C)(C)C)CCN3c2ccc(C(F)(F)F)cc2)n1)C(N)=O. The molecule has 0 saturated heterocycles. The van der Waals surface area contributed by atoms with Gasteiger partial charge in [-0.05, 0) is 75.7 Å². The third-order valence-electron chi connectivity index (χ3n) is 6.51. The van der Waals surface area contributed by atoms with Crippen LogP contribution in [0.4, 0.5) is 35.2 Å². The monoisotopic (exact) mass is 599 g/mol. The van der Waals surface area contributed by atoms with Crippen molar-refractivity contribution in [2.45, 2.75) is 52.1 Å². The standard InChI is InChI=1S/C29H32F3N7O4/c1-16(24(33)40)35-23-14-21(25(34)41)36-26(37-23)17-5-10-22-18(13-17)15-38(27(42)43-28(2,3)4)11-12-39(22)20-8-6-19(7-9-20)29(30,31)32/h5-10,13-14,16H,11-12,15H2,1-4H3,(H2,33,40)(H2,34,41)(H,35,36,37). The average Bonchev–Trinajstić information content (AvgIpc) is 3.11. The summed E-state index contributed by atoms with van der Waals surface area (Å²) >= 11 is 0. The zero-order valence-corrected chi connectivity index (χ0v) is 24.0. The lowest BCUT2D eigenvalue weighted by molar-refractivity contribution is -0.137. The lowest BCUT2D eigenvalue weighted by Gasteiger charge is -2.27. The normalized spacial score (nSPS) is 14.4. The van der Waals surface area contributed by atoms with Gasteiger partial charge in [0, 0.05) is 36.1 Å². The van der Waals surface area contributed by atoms with Crippen LogP contribution in [0.2, 0.25) is 0 Å². The zero-order valence-electron chi connectivity index (χ0n) is 24.0. The Bertz CT molecular complexity index is 1540. The molecule has 0 spiro atoms. The molecule has 4 rings (SSSR count). The van der Waals surface area contributed by atoms with Gasteiger partial charge in [-0.2, -0.15) is 13.2 Å². The molecule has 1 atom stereocenters. The Hall–Kier alpha value is -4.88. The molecule has 11 nitrogen and oxygen atoms in total. The fraction of sp³-hybridized carbons (Fsp3) is 0.345. The third-order valence-corrected chi connectivity index (χ3v) is 6.51. The van der Waals surface area contributed by atoms with Crippen LogP contribution < -0.4 is 21.7 Å². The molecule has 5 N–H and O–H groups in total. The number of aromatic nitrogens is 2. The summed E-state index contributed by atoms with van der Waals surface area (Å²) in [5.74, 6) is -1.22. The van der Waals surface area contributed by atoms with Crippen molar-refractivity contribution in [1.82, 2.24) is 14.9 Å². The molecule has 2 aromatic carbocycles. The highest BCUT2D eigenvalue weighted by atomic mass is 19.4. The molecule has 1 aromatic heterocycles. The van der Waals surface area contributed by atoms with Crippen LogP contribution in [-0.4, -0.2) is 57.5 Å². The van der Waals surface area contributed by atoms with E-state index >= 15 is 0 Å². The lowest BCUT2D eigenvalue weighted by atomic mass is 10.1. The van der Waals surface area contributed by atoms with Crippen LogP contribution >= 0.6 is 0 Å². The Morgan fingerprint density at radius 1 is 0.977 bits per heavy atom. The maximum Gasteiger partial charge on any atom is 0.416 e. The van der Waals surface area contributed by atoms with Crippen molar-refractivity contribution in [2.24, 2.45) is 11.5 Å². The number of nitrogens with one attached hydrogen (secondary N) is 1. The van der Waals surface area contributed by atoms with Crippen LogP contribution in [0.3, 0.4) is 0 Å². The number of nitrogens with two attached hydrogens (primary N) is 2. The van der Waals surface area contributed by atoms with Crippen LogP contribution in [0.15, 0.2) is 48.5 Å². The van der Waals surface area contributed by atoms with Crippen LogP contribution in [0, 0.1) is 0 Å². The van der Waals surface area contributed by atoms with Gasteiger partial charge in [0.05, 0.1) is 12.1 Å². The second-order valence-corrected chi connectivity index (χ2v) is 11.0. The number of alkyl halides is 3. The lowest BCUT2D eigenvalue weighted by Crippen LogP contribution is -2.38. The zero-order chi connectivity index (χ0) is 31.7. The van der Waals surface area contributed by atoms with E-state index in [1.165, 1.54) is 30.0 Å². The minimum Gasteiger partial charge on any atom is -0.444 e. The molecule has 14 heteroatoms. The summed E-state index contributed by atoms with van der Waals surface area (Å²) in [6.45, 7) is 7.35. The van der Waals surface area contributed by atoms with Gasteiger partial charge in [-0.1, -0.05) is 0 Å². The number of hydrogen-bond acceptors (Lipinski definition) is 8. The summed E-state index contributed by atoms with van der Waals surface area (Å²) < 4.78 is 45.3. The Morgan fingerprint density at radius 2 is 1.65 bits per heavy atom. The first-order chi connectivity index (χ1) is 20.0. The van der Waals surface area contributed by atoms with Crippen LogP contribution in [-0.2, 0) is 22.3 Å². The second-order valence-electron chi connectivity index (χ2n) is 11.0. The van der Waals surface area contributed by atoms with Gasteiger partial charge >= 0.3 is 12.3 Å². The maximum atomic E-state index is 13.2. The van der Waals surface area contributed by atoms with Crippen LogP contribution in [0.1, 0.15) is 49.3 Å². The van der Waals surface area contributed by atoms with Gasteiger partial charge in [0.15, 0.2) is 5.82 Å². The van der Waals surface area contributed by atoms with Crippen molar-refractivity contribution < 1.29 is 32.3 Å². The van der Waals surface area contributed by atoms with E-state index in [9.17, 15) is 27.6 Å². The Balaban J connectivity index is 1.80. The molecule has 0 aliphatic carbocycles. The summed E-state index contributed by atoms with van der Waals surface area (Å²) in [6, 6.07) is 10.4. The van der Waals surface area contributed by atoms with Gasteiger partial charge in [0.1, 0.15) is 23.2 Å². The van der Waals surface area contributed by atoms with Gasteiger partial charge in [0.2, 0.25) is 5.91 Å². The van der Waals surface area contributed by atoms with Crippen molar-refractivity contribution in [3.8, 4) is 11.4 Å². The smallest absolute Gasteiger partial charge is 0.416 e. The minimum absolute atomic E-state index is 0.104. The summed E-state index contributed by atoms with van der Waals surface area (Å²) in [7, 11) is 0. The number of hydrogen-bond donors (Lipinski definition) is 3. The van der Waals surface area contributed by atoms with Gasteiger partial charge in [-0.15, -0.1) is 0 Å². The van der Waals surface area contributed by atoms with Crippen molar-refractivity contribution >= 4 is 35.1 Å². The predicted molar refractivity (Wildman–Crippen MR) is 153 cm³/mol. The fourth-order valence-corrected chi connectivity index (χ4v) is 4.39. The molecule has 43 heavy (non-hydrogen) atoms. The summed E-state index contributed by atoms with van der Waals surface area (Å²) in [4.78, 5) is 48.7. The largest absolute Gasteiger partial charge is 0.444 e. The molecule has 3 amide bonds. The fourth-order valence-electron chi connectivity index (χ4n) is 4.39. The van der Waals surface area contributed by atoms with Gasteiger partial charge in [-0.25, -0.2) is 14.8 Å². The first-order valence-corrected chi connectivity index (χ1v) is 13.3. The number of fused-ring (bicyclic) bond motifs is 1. The Morgan fingerprint density at radius 3 is 2.23 bits per heavy atom. The van der Waals surface area contributed by atoms with Crippen molar-refractivity contribution in [2.75, 3.05) is 23.3 Å². The number of benzene rings is 2. The molecule has 1 aliphatic heterocycles. The summed E-state index contributed by atoms with van der Waals surface area (Å²) in [6.07, 6.45) is -5.04. The van der Waals surface area contributed by atoms with E-state index in [2.05, 4.69) is 15.3 Å². The predicted octanol–water partition coefficient (Wildman–Crippen LogP) is 4.44. The number of amides is 3. The topological polar surface area (TPSA) is 157 Å². The first-order valence-electron chi connectivity index (χ1n) is 13.3. The van der Waals surface area contributed by atoms with Crippen LogP contribution in [0.5, 0.6) is 0 Å². The number of ether oxygens (including phenoxy) is 1. The van der Waals surface area contributed by atoms with E-state index in [1.807, 2.05) is 4.90 Å². The molecule has 3 aromatic rings. The molecular weight excluding hydrogens is 567 g/mol. The first kappa shape index (κ1) is 31.1. The van der Waals surface area contributed by atoms with E-state index < -0.39 is 41.3 Å². The minimum atomic E-state index is -4.49. The Kier molecular flexibility index (Phi) is 8.51. The van der Waals surface area contributed by atoms with E-state index in [1.54, 1.807) is 39.0 Å². The van der Waals surface area contributed by atoms with Gasteiger partial charge in [0.25, 0.3) is 5.91 Å². The maximum absolute atomic E-state index is 13.2. The molecule has 0 radical (unpaired) electrons. The Labute approximate surface area is 246 Å². The molecule has 228 valence electrons. The average molecular weight is 600 g/mol. The number of halogens is 3. The molecule has 0 fully saturated rings. The van der Waals surface area contributed by atoms with E-state index in [4.69, 9.17) is 16.2 Å². The molecule has 2 heterocycles. The van der Waals surface area contributed by atoms with Gasteiger partial charge < -0.3 is 31.3 Å². The van der Waals surface area contributed by atoms with E-state index in [0.29, 0.717) is 22.5 Å². The highest BCUT2D eigenvalue weighted by Gasteiger charge is 2.31. The second kappa shape index (κ2) is 11.8.